The average Bonchev–Trinajstić information content (AvgIpc) is 3.00. The van der Waals surface area contributed by atoms with Gasteiger partial charge >= 0.3 is 12.1 Å². The first-order valence-electron chi connectivity index (χ1n) is 16.7. The molecule has 3 aromatic carbocycles. The predicted molar refractivity (Wildman–Crippen MR) is 189 cm³/mol. The number of carbonyl (C=O) groups excluding carboxylic acids is 4. The lowest BCUT2D eigenvalue weighted by atomic mass is 9.96. The van der Waals surface area contributed by atoms with Crippen LogP contribution in [0.25, 0.3) is 0 Å². The molecule has 3 atom stereocenters. The van der Waals surface area contributed by atoms with Crippen molar-refractivity contribution in [3.05, 3.63) is 101 Å². The highest BCUT2D eigenvalue weighted by Crippen LogP contribution is 2.27. The number of aromatic hydroxyl groups is 1. The van der Waals surface area contributed by atoms with Crippen molar-refractivity contribution in [2.75, 3.05) is 6.54 Å². The van der Waals surface area contributed by atoms with Gasteiger partial charge in [-0.2, -0.15) is 0 Å². The fraction of sp³-hybridized carbons (Fsp3) is 0.436. The van der Waals surface area contributed by atoms with E-state index in [2.05, 4.69) is 10.6 Å². The Labute approximate surface area is 290 Å². The van der Waals surface area contributed by atoms with E-state index >= 15 is 0 Å². The maximum absolute atomic E-state index is 14.7. The lowest BCUT2D eigenvalue weighted by Crippen LogP contribution is -2.55. The zero-order valence-electron chi connectivity index (χ0n) is 29.9. The third kappa shape index (κ3) is 12.3. The van der Waals surface area contributed by atoms with E-state index < -0.39 is 53.2 Å². The number of phenols is 1. The monoisotopic (exact) mass is 673 g/mol. The Morgan fingerprint density at radius 1 is 0.735 bits per heavy atom. The number of alkyl carbamates (subject to hydrolysis) is 1. The van der Waals surface area contributed by atoms with Crippen LogP contribution in [0.4, 0.5) is 4.79 Å². The minimum absolute atomic E-state index is 0.0608. The van der Waals surface area contributed by atoms with Gasteiger partial charge < -0.3 is 30.1 Å². The van der Waals surface area contributed by atoms with Crippen molar-refractivity contribution in [1.29, 1.82) is 0 Å². The lowest BCUT2D eigenvalue weighted by molar-refractivity contribution is -0.159. The molecule has 0 saturated heterocycles. The maximum Gasteiger partial charge on any atom is 0.408 e. The molecule has 3 rings (SSSR count). The molecule has 0 aliphatic rings. The molecule has 3 amide bonds. The largest absolute Gasteiger partial charge is 0.508 e. The molecule has 10 heteroatoms. The summed E-state index contributed by atoms with van der Waals surface area (Å²) in [6.07, 6.45) is -0.0483. The summed E-state index contributed by atoms with van der Waals surface area (Å²) in [4.78, 5) is 57.3. The number of benzene rings is 3. The molecule has 0 aliphatic heterocycles. The van der Waals surface area contributed by atoms with E-state index in [0.29, 0.717) is 17.5 Å². The third-order valence-electron chi connectivity index (χ3n) is 7.45. The van der Waals surface area contributed by atoms with Crippen LogP contribution in [-0.4, -0.2) is 63.7 Å². The molecule has 0 saturated carbocycles. The molecule has 0 heterocycles. The summed E-state index contributed by atoms with van der Waals surface area (Å²) >= 11 is 0. The lowest BCUT2D eigenvalue weighted by Gasteiger charge is -2.36. The first-order valence-corrected chi connectivity index (χ1v) is 16.7. The summed E-state index contributed by atoms with van der Waals surface area (Å²) in [5, 5.41) is 15.5. The van der Waals surface area contributed by atoms with E-state index in [1.54, 1.807) is 65.8 Å². The van der Waals surface area contributed by atoms with Crippen LogP contribution in [0.2, 0.25) is 0 Å². The Kier molecular flexibility index (Phi) is 13.4. The van der Waals surface area contributed by atoms with Gasteiger partial charge in [-0.3, -0.25) is 9.59 Å². The summed E-state index contributed by atoms with van der Waals surface area (Å²) in [6.45, 7) is 14.4. The van der Waals surface area contributed by atoms with Gasteiger partial charge in [0.25, 0.3) is 0 Å². The van der Waals surface area contributed by atoms with Crippen LogP contribution in [0.1, 0.15) is 83.2 Å². The van der Waals surface area contributed by atoms with Crippen molar-refractivity contribution < 1.29 is 33.8 Å². The highest BCUT2D eigenvalue weighted by molar-refractivity contribution is 5.94. The number of aryl methyl sites for hydroxylation is 1. The zero-order valence-corrected chi connectivity index (χ0v) is 29.9. The molecular weight excluding hydrogens is 622 g/mol. The topological polar surface area (TPSA) is 134 Å². The summed E-state index contributed by atoms with van der Waals surface area (Å²) < 4.78 is 11.2. The Morgan fingerprint density at radius 2 is 1.29 bits per heavy atom. The van der Waals surface area contributed by atoms with Crippen LogP contribution in [0.3, 0.4) is 0 Å². The summed E-state index contributed by atoms with van der Waals surface area (Å²) in [5.41, 5.74) is 1.22. The molecule has 3 unspecified atom stereocenters. The van der Waals surface area contributed by atoms with Crippen LogP contribution < -0.4 is 10.6 Å². The minimum Gasteiger partial charge on any atom is -0.508 e. The number of ether oxygens (including phenoxy) is 2. The zero-order chi connectivity index (χ0) is 36.4. The van der Waals surface area contributed by atoms with E-state index in [4.69, 9.17) is 9.47 Å². The normalized spacial score (nSPS) is 13.4. The van der Waals surface area contributed by atoms with Crippen LogP contribution in [0.5, 0.6) is 5.75 Å². The van der Waals surface area contributed by atoms with Crippen molar-refractivity contribution in [3.8, 4) is 5.75 Å². The van der Waals surface area contributed by atoms with Crippen LogP contribution in [0.15, 0.2) is 78.9 Å². The van der Waals surface area contributed by atoms with E-state index in [1.165, 1.54) is 17.0 Å². The van der Waals surface area contributed by atoms with Gasteiger partial charge in [-0.25, -0.2) is 9.59 Å². The number of nitrogens with one attached hydrogen (secondary N) is 2. The third-order valence-corrected chi connectivity index (χ3v) is 7.45. The predicted octanol–water partition coefficient (Wildman–Crippen LogP) is 6.19. The fourth-order valence-corrected chi connectivity index (χ4v) is 5.34. The van der Waals surface area contributed by atoms with Crippen molar-refractivity contribution in [1.82, 2.24) is 15.5 Å². The van der Waals surface area contributed by atoms with Gasteiger partial charge in [0.05, 0.1) is 0 Å². The van der Waals surface area contributed by atoms with Crippen molar-refractivity contribution in [2.45, 2.75) is 104 Å². The number of carbonyl (C=O) groups is 4. The maximum atomic E-state index is 14.7. The number of phenolic OH excluding ortho intramolecular Hbond substituents is 1. The average molecular weight is 674 g/mol. The molecule has 264 valence electrons. The summed E-state index contributed by atoms with van der Waals surface area (Å²) in [7, 11) is 0. The Bertz CT molecular complexity index is 1560. The van der Waals surface area contributed by atoms with Gasteiger partial charge in [0.1, 0.15) is 35.1 Å². The number of nitrogens with zero attached hydrogens (tertiary/aromatic N) is 1. The van der Waals surface area contributed by atoms with E-state index in [9.17, 15) is 24.3 Å². The Balaban J connectivity index is 2.09. The molecule has 0 bridgehead atoms. The molecule has 0 spiro atoms. The molecule has 0 aliphatic carbocycles. The highest BCUT2D eigenvalue weighted by atomic mass is 16.6. The van der Waals surface area contributed by atoms with Crippen molar-refractivity contribution in [3.63, 3.8) is 0 Å². The molecule has 10 nitrogen and oxygen atoms in total. The molecule has 0 fully saturated rings. The fourth-order valence-electron chi connectivity index (χ4n) is 5.34. The summed E-state index contributed by atoms with van der Waals surface area (Å²) in [6, 6.07) is 19.6. The van der Waals surface area contributed by atoms with E-state index in [0.717, 1.165) is 11.1 Å². The molecule has 49 heavy (non-hydrogen) atoms. The second-order valence-corrected chi connectivity index (χ2v) is 14.1. The van der Waals surface area contributed by atoms with Gasteiger partial charge in [0.15, 0.2) is 0 Å². The highest BCUT2D eigenvalue weighted by Gasteiger charge is 2.38. The number of hydrogen-bond acceptors (Lipinski definition) is 7. The van der Waals surface area contributed by atoms with Crippen molar-refractivity contribution in [2.24, 2.45) is 0 Å². The molecule has 3 N–H and O–H groups in total. The van der Waals surface area contributed by atoms with Gasteiger partial charge in [-0.1, -0.05) is 73.7 Å². The standard InChI is InChI=1S/C39H51N3O7/c1-9-23-42(35(45)31(41-37(47)49-39(6,7)8)24-28-19-21-29(43)22-20-28)33(30-18-14-13-15-26(30)2)34(44)40-32(36(46)48-38(3,4)5)25-27-16-11-10-12-17-27/h10-22,31-33,43H,9,23-25H2,1-8H3,(H,40,44)(H,41,47). The van der Waals surface area contributed by atoms with E-state index in [-0.39, 0.29) is 25.1 Å². The van der Waals surface area contributed by atoms with Crippen LogP contribution in [0, 0.1) is 6.92 Å². The molecule has 0 radical (unpaired) electrons. The van der Waals surface area contributed by atoms with Gasteiger partial charge in [-0.05, 0) is 89.3 Å². The first-order chi connectivity index (χ1) is 23.0. The molecule has 3 aromatic rings. The second-order valence-electron chi connectivity index (χ2n) is 14.1. The van der Waals surface area contributed by atoms with Crippen LogP contribution >= 0.6 is 0 Å². The van der Waals surface area contributed by atoms with Gasteiger partial charge in [0.2, 0.25) is 11.8 Å². The van der Waals surface area contributed by atoms with Gasteiger partial charge in [0, 0.05) is 19.4 Å². The minimum atomic E-state index is -1.16. The summed E-state index contributed by atoms with van der Waals surface area (Å²) in [5.74, 6) is -1.62. The first kappa shape index (κ1) is 38.6. The van der Waals surface area contributed by atoms with Crippen LogP contribution in [-0.2, 0) is 36.7 Å². The quantitative estimate of drug-likeness (QED) is 0.184. The number of rotatable bonds is 13. The smallest absolute Gasteiger partial charge is 0.408 e. The van der Waals surface area contributed by atoms with E-state index in [1.807, 2.05) is 56.3 Å². The Hall–Kier alpha value is -4.86. The van der Waals surface area contributed by atoms with Crippen molar-refractivity contribution >= 4 is 23.9 Å². The number of amides is 3. The Morgan fingerprint density at radius 3 is 1.86 bits per heavy atom. The number of hydrogen-bond donors (Lipinski definition) is 3. The number of esters is 1. The SMILES string of the molecule is CCCN(C(=O)C(Cc1ccc(O)cc1)NC(=O)OC(C)(C)C)C(C(=O)NC(Cc1ccccc1)C(=O)OC(C)(C)C)c1ccccc1C. The molecular formula is C39H51N3O7. The molecule has 0 aromatic heterocycles. The van der Waals surface area contributed by atoms with Gasteiger partial charge in [-0.15, -0.1) is 0 Å². The second kappa shape index (κ2) is 17.0.